The molecule has 1 fully saturated rings. The van der Waals surface area contributed by atoms with Crippen molar-refractivity contribution in [3.63, 3.8) is 0 Å². The number of nitrogens with zero attached hydrogens (tertiary/aromatic N) is 4. The number of carbonyl (C=O) groups is 1. The van der Waals surface area contributed by atoms with E-state index in [1.165, 1.54) is 22.8 Å². The zero-order valence-corrected chi connectivity index (χ0v) is 15.0. The van der Waals surface area contributed by atoms with Crippen LogP contribution in [0.4, 0.5) is 4.39 Å². The molecule has 2 aromatic heterocycles. The van der Waals surface area contributed by atoms with Gasteiger partial charge in [-0.3, -0.25) is 14.7 Å². The molecule has 1 aliphatic heterocycles. The molecule has 1 aromatic carbocycles. The monoisotopic (exact) mass is 369 g/mol. The molecule has 1 N–H and O–H groups in total. The Bertz CT molecular complexity index is 1030. The molecule has 3 heterocycles. The van der Waals surface area contributed by atoms with Gasteiger partial charge in [-0.1, -0.05) is 12.1 Å². The van der Waals surface area contributed by atoms with Gasteiger partial charge in [0.25, 0.3) is 17.2 Å². The number of fused-ring (bicyclic) bond motifs is 1. The second kappa shape index (κ2) is 6.94. The van der Waals surface area contributed by atoms with Crippen molar-refractivity contribution >= 4 is 11.7 Å². The minimum Gasteiger partial charge on any atom is -0.338 e. The smallest absolute Gasteiger partial charge is 0.286 e. The van der Waals surface area contributed by atoms with Gasteiger partial charge in [-0.05, 0) is 49.8 Å². The first-order chi connectivity index (χ1) is 13.0. The Morgan fingerprint density at radius 3 is 2.67 bits per heavy atom. The summed E-state index contributed by atoms with van der Waals surface area (Å²) in [7, 11) is 0. The van der Waals surface area contributed by atoms with Crippen molar-refractivity contribution in [2.45, 2.75) is 26.2 Å². The van der Waals surface area contributed by atoms with Crippen molar-refractivity contribution in [1.29, 1.82) is 0 Å². The number of aryl methyl sites for hydroxylation is 1. The third-order valence-corrected chi connectivity index (χ3v) is 5.05. The van der Waals surface area contributed by atoms with Crippen LogP contribution < -0.4 is 5.56 Å². The third kappa shape index (κ3) is 3.47. The number of piperidine rings is 1. The highest BCUT2D eigenvalue weighted by molar-refractivity contribution is 5.93. The summed E-state index contributed by atoms with van der Waals surface area (Å²) in [5.41, 5.74) is 0.718. The zero-order valence-electron chi connectivity index (χ0n) is 15.0. The van der Waals surface area contributed by atoms with Gasteiger partial charge in [-0.15, -0.1) is 0 Å². The van der Waals surface area contributed by atoms with Crippen LogP contribution in [0.15, 0.2) is 35.3 Å². The Kier molecular flexibility index (Phi) is 4.47. The lowest BCUT2D eigenvalue weighted by molar-refractivity contribution is 0.0688. The number of aromatic nitrogens is 4. The van der Waals surface area contributed by atoms with E-state index < -0.39 is 5.56 Å². The molecular formula is C19H20FN5O2. The molecule has 4 rings (SSSR count). The summed E-state index contributed by atoms with van der Waals surface area (Å²) in [5.74, 6) is 0.729. The van der Waals surface area contributed by atoms with Gasteiger partial charge in [0, 0.05) is 19.3 Å². The molecule has 1 saturated heterocycles. The van der Waals surface area contributed by atoms with E-state index in [4.69, 9.17) is 0 Å². The predicted molar refractivity (Wildman–Crippen MR) is 97.1 cm³/mol. The number of amides is 1. The molecule has 7 nitrogen and oxygen atoms in total. The molecule has 8 heteroatoms. The van der Waals surface area contributed by atoms with Gasteiger partial charge in [-0.25, -0.2) is 9.37 Å². The molecule has 140 valence electrons. The summed E-state index contributed by atoms with van der Waals surface area (Å²) < 4.78 is 14.2. The molecule has 1 aliphatic rings. The lowest BCUT2D eigenvalue weighted by Gasteiger charge is -2.32. The average molecular weight is 369 g/mol. The molecule has 3 aromatic rings. The molecule has 0 atom stereocenters. The van der Waals surface area contributed by atoms with Crippen LogP contribution in [0, 0.1) is 18.7 Å². The first-order valence-electron chi connectivity index (χ1n) is 8.99. The second-order valence-corrected chi connectivity index (χ2v) is 6.99. The van der Waals surface area contributed by atoms with Gasteiger partial charge in [-0.2, -0.15) is 9.50 Å². The average Bonchev–Trinajstić information content (AvgIpc) is 3.05. The highest BCUT2D eigenvalue weighted by atomic mass is 19.1. The predicted octanol–water partition coefficient (Wildman–Crippen LogP) is 1.96. The van der Waals surface area contributed by atoms with Crippen LogP contribution in [-0.2, 0) is 6.42 Å². The van der Waals surface area contributed by atoms with E-state index in [-0.39, 0.29) is 23.1 Å². The second-order valence-electron chi connectivity index (χ2n) is 6.99. The van der Waals surface area contributed by atoms with Crippen LogP contribution >= 0.6 is 0 Å². The Morgan fingerprint density at radius 2 is 1.96 bits per heavy atom. The Morgan fingerprint density at radius 1 is 1.26 bits per heavy atom. The molecule has 27 heavy (non-hydrogen) atoms. The van der Waals surface area contributed by atoms with E-state index >= 15 is 0 Å². The van der Waals surface area contributed by atoms with Crippen LogP contribution in [0.25, 0.3) is 5.78 Å². The minimum atomic E-state index is -0.431. The number of likely N-dealkylation sites (tertiary alicyclic amines) is 1. The molecule has 0 saturated carbocycles. The Balaban J connectivity index is 1.43. The topological polar surface area (TPSA) is 83.4 Å². The van der Waals surface area contributed by atoms with Crippen molar-refractivity contribution in [1.82, 2.24) is 24.5 Å². The van der Waals surface area contributed by atoms with Crippen molar-refractivity contribution < 1.29 is 9.18 Å². The van der Waals surface area contributed by atoms with Gasteiger partial charge < -0.3 is 4.90 Å². The molecule has 1 amide bonds. The fraction of sp³-hybridized carbons (Fsp3) is 0.368. The number of aromatic amines is 1. The van der Waals surface area contributed by atoms with Gasteiger partial charge in [0.1, 0.15) is 17.2 Å². The summed E-state index contributed by atoms with van der Waals surface area (Å²) in [6.07, 6.45) is 3.88. The molecule has 0 aliphatic carbocycles. The van der Waals surface area contributed by atoms with Crippen LogP contribution in [0.5, 0.6) is 0 Å². The minimum absolute atomic E-state index is 0.0492. The molecule has 0 unspecified atom stereocenters. The van der Waals surface area contributed by atoms with E-state index in [1.54, 1.807) is 24.0 Å². The SMILES string of the molecule is Cc1nc2ncc(C(=O)N3CCC(Cc4ccc(F)cc4)CC3)c(=O)n2[nH]1. The molecule has 0 spiro atoms. The van der Waals surface area contributed by atoms with E-state index in [9.17, 15) is 14.0 Å². The Hall–Kier alpha value is -3.03. The summed E-state index contributed by atoms with van der Waals surface area (Å²) in [6, 6.07) is 6.56. The quantitative estimate of drug-likeness (QED) is 0.765. The summed E-state index contributed by atoms with van der Waals surface area (Å²) in [6.45, 7) is 2.91. The molecular weight excluding hydrogens is 349 g/mol. The van der Waals surface area contributed by atoms with Crippen molar-refractivity contribution in [2.24, 2.45) is 5.92 Å². The van der Waals surface area contributed by atoms with Gasteiger partial charge in [0.2, 0.25) is 0 Å². The first-order valence-corrected chi connectivity index (χ1v) is 8.99. The summed E-state index contributed by atoms with van der Waals surface area (Å²) in [4.78, 5) is 35.2. The number of carbonyl (C=O) groups excluding carboxylic acids is 1. The fourth-order valence-electron chi connectivity index (χ4n) is 3.57. The number of benzene rings is 1. The lowest BCUT2D eigenvalue weighted by Crippen LogP contribution is -2.41. The van der Waals surface area contributed by atoms with Crippen molar-refractivity contribution in [2.75, 3.05) is 13.1 Å². The highest BCUT2D eigenvalue weighted by Crippen LogP contribution is 2.22. The standard InChI is InChI=1S/C19H20FN5O2/c1-12-22-19-21-11-16(18(27)25(19)23-12)17(26)24-8-6-14(7-9-24)10-13-2-4-15(20)5-3-13/h2-5,11,14H,6-10H2,1H3,(H,21,22,23). The number of hydrogen-bond donors (Lipinski definition) is 1. The van der Waals surface area contributed by atoms with E-state index in [2.05, 4.69) is 15.1 Å². The van der Waals surface area contributed by atoms with E-state index in [0.717, 1.165) is 24.8 Å². The van der Waals surface area contributed by atoms with Crippen LogP contribution in [-0.4, -0.2) is 43.5 Å². The van der Waals surface area contributed by atoms with Gasteiger partial charge in [0.05, 0.1) is 0 Å². The maximum atomic E-state index is 13.0. The largest absolute Gasteiger partial charge is 0.338 e. The van der Waals surface area contributed by atoms with E-state index in [1.807, 2.05) is 0 Å². The fourth-order valence-corrected chi connectivity index (χ4v) is 3.57. The first kappa shape index (κ1) is 17.4. The molecule has 0 radical (unpaired) electrons. The van der Waals surface area contributed by atoms with Gasteiger partial charge in [0.15, 0.2) is 0 Å². The third-order valence-electron chi connectivity index (χ3n) is 5.05. The number of nitrogens with one attached hydrogen (secondary N) is 1. The number of H-pyrrole nitrogens is 1. The summed E-state index contributed by atoms with van der Waals surface area (Å²) >= 11 is 0. The maximum absolute atomic E-state index is 13.0. The van der Waals surface area contributed by atoms with Crippen LogP contribution in [0.1, 0.15) is 34.6 Å². The van der Waals surface area contributed by atoms with Crippen molar-refractivity contribution in [3.8, 4) is 0 Å². The maximum Gasteiger partial charge on any atom is 0.286 e. The number of hydrogen-bond acceptors (Lipinski definition) is 4. The number of halogens is 1. The number of rotatable bonds is 3. The lowest BCUT2D eigenvalue weighted by atomic mass is 9.90. The van der Waals surface area contributed by atoms with Crippen LogP contribution in [0.3, 0.4) is 0 Å². The zero-order chi connectivity index (χ0) is 19.0. The van der Waals surface area contributed by atoms with E-state index in [0.29, 0.717) is 24.8 Å². The normalized spacial score (nSPS) is 15.4. The van der Waals surface area contributed by atoms with Crippen LogP contribution in [0.2, 0.25) is 0 Å². The Labute approximate surface area is 154 Å². The van der Waals surface area contributed by atoms with Gasteiger partial charge >= 0.3 is 0 Å². The highest BCUT2D eigenvalue weighted by Gasteiger charge is 2.26. The molecule has 0 bridgehead atoms. The summed E-state index contributed by atoms with van der Waals surface area (Å²) in [5, 5.41) is 2.80. The van der Waals surface area contributed by atoms with Crippen molar-refractivity contribution in [3.05, 3.63) is 63.6 Å².